The summed E-state index contributed by atoms with van der Waals surface area (Å²) in [6.07, 6.45) is -0.0115. The average Bonchev–Trinajstić information content (AvgIpc) is 3.18. The van der Waals surface area contributed by atoms with Gasteiger partial charge in [0.25, 0.3) is 11.8 Å². The van der Waals surface area contributed by atoms with E-state index in [9.17, 15) is 19.2 Å². The molecule has 2 N–H and O–H groups in total. The number of hydrazine groups is 1. The molecule has 0 aromatic heterocycles. The number of anilines is 1. The van der Waals surface area contributed by atoms with E-state index in [0.717, 1.165) is 0 Å². The minimum absolute atomic E-state index is 0.0115. The van der Waals surface area contributed by atoms with Crippen LogP contribution in [0.2, 0.25) is 0 Å². The molecule has 9 nitrogen and oxygen atoms in total. The molecule has 1 aliphatic heterocycles. The summed E-state index contributed by atoms with van der Waals surface area (Å²) in [7, 11) is 1.53. The quantitative estimate of drug-likeness (QED) is 0.543. The summed E-state index contributed by atoms with van der Waals surface area (Å²) >= 11 is 0. The van der Waals surface area contributed by atoms with Crippen LogP contribution in [0.25, 0.3) is 0 Å². The predicted molar refractivity (Wildman–Crippen MR) is 106 cm³/mol. The van der Waals surface area contributed by atoms with E-state index in [1.54, 1.807) is 54.6 Å². The van der Waals surface area contributed by atoms with Crippen LogP contribution in [-0.2, 0) is 19.1 Å². The molecule has 1 atom stereocenters. The molecule has 2 aromatic rings. The maximum Gasteiger partial charge on any atom is 0.311 e. The number of nitrogens with zero attached hydrogens (tertiary/aromatic N) is 1. The van der Waals surface area contributed by atoms with Crippen molar-refractivity contribution in [1.29, 1.82) is 0 Å². The Hall–Kier alpha value is -3.88. The van der Waals surface area contributed by atoms with Gasteiger partial charge < -0.3 is 14.4 Å². The van der Waals surface area contributed by atoms with Gasteiger partial charge >= 0.3 is 5.97 Å². The number of methoxy groups -OCH3 is 1. The molecule has 0 radical (unpaired) electrons. The smallest absolute Gasteiger partial charge is 0.311 e. The second-order valence-corrected chi connectivity index (χ2v) is 6.58. The third kappa shape index (κ3) is 5.13. The molecule has 3 amide bonds. The van der Waals surface area contributed by atoms with Gasteiger partial charge in [0, 0.05) is 30.3 Å². The number of carbonyl (C=O) groups is 4. The van der Waals surface area contributed by atoms with Gasteiger partial charge in [-0.15, -0.1) is 0 Å². The highest BCUT2D eigenvalue weighted by Gasteiger charge is 2.36. The van der Waals surface area contributed by atoms with Crippen molar-refractivity contribution in [3.63, 3.8) is 0 Å². The first-order valence-corrected chi connectivity index (χ1v) is 9.23. The normalized spacial score (nSPS) is 15.4. The van der Waals surface area contributed by atoms with E-state index in [-0.39, 0.29) is 18.9 Å². The van der Waals surface area contributed by atoms with Crippen molar-refractivity contribution < 1.29 is 28.7 Å². The highest BCUT2D eigenvalue weighted by atomic mass is 16.5. The van der Waals surface area contributed by atoms with E-state index >= 15 is 0 Å². The first-order valence-electron chi connectivity index (χ1n) is 9.23. The Kier molecular flexibility index (Phi) is 6.63. The Labute approximate surface area is 172 Å². The lowest BCUT2D eigenvalue weighted by Crippen LogP contribution is -2.43. The zero-order valence-corrected chi connectivity index (χ0v) is 16.3. The lowest BCUT2D eigenvalue weighted by Gasteiger charge is -2.17. The maximum absolute atomic E-state index is 12.3. The number of carbonyl (C=O) groups excluding carboxylic acids is 4. The average molecular weight is 411 g/mol. The molecule has 0 aliphatic carbocycles. The summed E-state index contributed by atoms with van der Waals surface area (Å²) in [5.41, 5.74) is 5.40. The molecule has 30 heavy (non-hydrogen) atoms. The summed E-state index contributed by atoms with van der Waals surface area (Å²) in [6, 6.07) is 15.3. The van der Waals surface area contributed by atoms with Gasteiger partial charge in [0.1, 0.15) is 5.75 Å². The van der Waals surface area contributed by atoms with E-state index in [0.29, 0.717) is 17.0 Å². The largest absolute Gasteiger partial charge is 0.497 e. The summed E-state index contributed by atoms with van der Waals surface area (Å²) in [5.74, 6) is -2.15. The molecule has 0 saturated carbocycles. The molecular formula is C21H21N3O6. The Bertz CT molecular complexity index is 947. The van der Waals surface area contributed by atoms with Gasteiger partial charge in [-0.2, -0.15) is 0 Å². The fourth-order valence-corrected chi connectivity index (χ4v) is 2.97. The van der Waals surface area contributed by atoms with Crippen molar-refractivity contribution in [3.8, 4) is 5.75 Å². The maximum atomic E-state index is 12.3. The van der Waals surface area contributed by atoms with E-state index in [1.165, 1.54) is 12.0 Å². The van der Waals surface area contributed by atoms with Crippen molar-refractivity contribution in [1.82, 2.24) is 10.9 Å². The minimum atomic E-state index is -0.693. The topological polar surface area (TPSA) is 114 Å². The number of hydrogen-bond acceptors (Lipinski definition) is 6. The number of benzene rings is 2. The number of esters is 1. The molecule has 1 fully saturated rings. The summed E-state index contributed by atoms with van der Waals surface area (Å²) < 4.78 is 10.2. The van der Waals surface area contributed by atoms with Crippen molar-refractivity contribution in [3.05, 3.63) is 60.2 Å². The molecule has 2 aromatic carbocycles. The number of nitrogens with one attached hydrogen (secondary N) is 2. The standard InChI is InChI=1S/C21H21N3O6/c1-29-17-9-5-8-16(11-17)24-12-15(10-19(24)26)21(28)30-13-18(25)22-23-20(27)14-6-3-2-4-7-14/h2-9,11,15H,10,12-13H2,1H3,(H,22,25)(H,23,27)/t15-/m0/s1. The zero-order valence-electron chi connectivity index (χ0n) is 16.3. The van der Waals surface area contributed by atoms with Gasteiger partial charge in [0.2, 0.25) is 5.91 Å². The first kappa shape index (κ1) is 20.8. The van der Waals surface area contributed by atoms with Crippen LogP contribution in [0, 0.1) is 5.92 Å². The van der Waals surface area contributed by atoms with E-state index in [2.05, 4.69) is 10.9 Å². The molecule has 156 valence electrons. The van der Waals surface area contributed by atoms with Crippen LogP contribution in [0.4, 0.5) is 5.69 Å². The van der Waals surface area contributed by atoms with Crippen LogP contribution in [0.3, 0.4) is 0 Å². The molecular weight excluding hydrogens is 390 g/mol. The van der Waals surface area contributed by atoms with Crippen molar-refractivity contribution in [2.45, 2.75) is 6.42 Å². The number of ether oxygens (including phenoxy) is 2. The zero-order chi connectivity index (χ0) is 21.5. The lowest BCUT2D eigenvalue weighted by atomic mass is 10.1. The fraction of sp³-hybridized carbons (Fsp3) is 0.238. The molecule has 1 heterocycles. The van der Waals surface area contributed by atoms with Crippen molar-refractivity contribution in [2.24, 2.45) is 5.92 Å². The summed E-state index contributed by atoms with van der Waals surface area (Å²) in [6.45, 7) is -0.422. The van der Waals surface area contributed by atoms with E-state index in [4.69, 9.17) is 9.47 Å². The van der Waals surface area contributed by atoms with Crippen LogP contribution in [0.15, 0.2) is 54.6 Å². The molecule has 3 rings (SSSR count). The van der Waals surface area contributed by atoms with Crippen molar-refractivity contribution in [2.75, 3.05) is 25.2 Å². The first-order chi connectivity index (χ1) is 14.5. The fourth-order valence-electron chi connectivity index (χ4n) is 2.97. The van der Waals surface area contributed by atoms with Gasteiger partial charge in [0.05, 0.1) is 13.0 Å². The van der Waals surface area contributed by atoms with Gasteiger partial charge in [-0.25, -0.2) is 0 Å². The van der Waals surface area contributed by atoms with Crippen LogP contribution < -0.4 is 20.5 Å². The molecule has 0 spiro atoms. The van der Waals surface area contributed by atoms with Crippen LogP contribution in [0.1, 0.15) is 16.8 Å². The monoisotopic (exact) mass is 411 g/mol. The second kappa shape index (κ2) is 9.55. The Morgan fingerprint density at radius 2 is 1.83 bits per heavy atom. The highest BCUT2D eigenvalue weighted by molar-refractivity contribution is 6.00. The Balaban J connectivity index is 1.46. The van der Waals surface area contributed by atoms with Crippen LogP contribution >= 0.6 is 0 Å². The van der Waals surface area contributed by atoms with Gasteiger partial charge in [0.15, 0.2) is 6.61 Å². The third-order valence-corrected chi connectivity index (χ3v) is 4.52. The van der Waals surface area contributed by atoms with Crippen LogP contribution in [0.5, 0.6) is 5.75 Å². The highest BCUT2D eigenvalue weighted by Crippen LogP contribution is 2.28. The third-order valence-electron chi connectivity index (χ3n) is 4.52. The van der Waals surface area contributed by atoms with E-state index in [1.807, 2.05) is 0 Å². The van der Waals surface area contributed by atoms with E-state index < -0.39 is 30.3 Å². The SMILES string of the molecule is COc1cccc(N2C[C@@H](C(=O)OCC(=O)NNC(=O)c3ccccc3)CC2=O)c1. The predicted octanol–water partition coefficient (Wildman–Crippen LogP) is 1.05. The lowest BCUT2D eigenvalue weighted by molar-refractivity contribution is -0.152. The summed E-state index contributed by atoms with van der Waals surface area (Å²) in [4.78, 5) is 49.7. The molecule has 1 aliphatic rings. The minimum Gasteiger partial charge on any atom is -0.497 e. The van der Waals surface area contributed by atoms with Gasteiger partial charge in [-0.3, -0.25) is 30.0 Å². The Morgan fingerprint density at radius 1 is 1.07 bits per heavy atom. The van der Waals surface area contributed by atoms with Gasteiger partial charge in [-0.1, -0.05) is 24.3 Å². The Morgan fingerprint density at radius 3 is 2.57 bits per heavy atom. The molecule has 0 bridgehead atoms. The molecule has 1 saturated heterocycles. The summed E-state index contributed by atoms with van der Waals surface area (Å²) in [5, 5.41) is 0. The number of rotatable bonds is 6. The molecule has 9 heteroatoms. The van der Waals surface area contributed by atoms with Gasteiger partial charge in [-0.05, 0) is 24.3 Å². The number of amides is 3. The second-order valence-electron chi connectivity index (χ2n) is 6.58. The molecule has 0 unspecified atom stereocenters. The van der Waals surface area contributed by atoms with Crippen LogP contribution in [-0.4, -0.2) is 44.0 Å². The number of hydrogen-bond donors (Lipinski definition) is 2. The van der Waals surface area contributed by atoms with Crippen molar-refractivity contribution >= 4 is 29.4 Å².